The minimum atomic E-state index is -0.664. The van der Waals surface area contributed by atoms with Gasteiger partial charge in [0, 0.05) is 0 Å². The van der Waals surface area contributed by atoms with Crippen molar-refractivity contribution in [2.75, 3.05) is 6.61 Å². The third-order valence-corrected chi connectivity index (χ3v) is 1.91. The zero-order chi connectivity index (χ0) is 12.7. The maximum absolute atomic E-state index is 12.9. The fourth-order valence-electron chi connectivity index (χ4n) is 1.15. The summed E-state index contributed by atoms with van der Waals surface area (Å²) in [5.41, 5.74) is 0.355. The fraction of sp³-hybridized carbons (Fsp3) is 0.250. The van der Waals surface area contributed by atoms with Crippen LogP contribution in [0.5, 0.6) is 0 Å². The molecule has 4 nitrogen and oxygen atoms in total. The molecule has 0 unspecified atom stereocenters. The summed E-state index contributed by atoms with van der Waals surface area (Å²) in [6.07, 6.45) is 4.58. The van der Waals surface area contributed by atoms with Gasteiger partial charge in [0.15, 0.2) is 12.1 Å². The molecule has 0 saturated heterocycles. The highest BCUT2D eigenvalue weighted by Crippen LogP contribution is 2.07. The van der Waals surface area contributed by atoms with Crippen LogP contribution in [0.15, 0.2) is 18.3 Å². The molecule has 0 aliphatic heterocycles. The molecule has 90 valence electrons. The van der Waals surface area contributed by atoms with Gasteiger partial charge in [-0.3, -0.25) is 14.6 Å². The van der Waals surface area contributed by atoms with Gasteiger partial charge < -0.3 is 4.74 Å². The Kier molecular flexibility index (Phi) is 5.00. The molecule has 1 aromatic heterocycles. The third-order valence-electron chi connectivity index (χ3n) is 1.91. The zero-order valence-electron chi connectivity index (χ0n) is 9.35. The monoisotopic (exact) mass is 237 g/mol. The van der Waals surface area contributed by atoms with E-state index in [1.807, 2.05) is 0 Å². The van der Waals surface area contributed by atoms with E-state index in [1.54, 1.807) is 13.0 Å². The van der Waals surface area contributed by atoms with Crippen LogP contribution in [0.25, 0.3) is 6.08 Å². The van der Waals surface area contributed by atoms with Crippen LogP contribution in [0.2, 0.25) is 0 Å². The number of aromatic nitrogens is 1. The molecule has 0 spiro atoms. The Morgan fingerprint density at radius 3 is 3.00 bits per heavy atom. The molecule has 1 rings (SSSR count). The number of carbonyl (C=O) groups excluding carboxylic acids is 2. The molecular weight excluding hydrogens is 225 g/mol. The molecule has 0 atom stereocenters. The van der Waals surface area contributed by atoms with Crippen molar-refractivity contribution in [2.24, 2.45) is 0 Å². The molecule has 0 bridgehead atoms. The lowest BCUT2D eigenvalue weighted by Gasteiger charge is -1.98. The van der Waals surface area contributed by atoms with Crippen molar-refractivity contribution in [3.63, 3.8) is 0 Å². The van der Waals surface area contributed by atoms with Gasteiger partial charge in [-0.15, -0.1) is 0 Å². The molecule has 1 heterocycles. The van der Waals surface area contributed by atoms with Crippen LogP contribution < -0.4 is 0 Å². The first-order chi connectivity index (χ1) is 8.17. The molecule has 0 radical (unpaired) electrons. The summed E-state index contributed by atoms with van der Waals surface area (Å²) in [4.78, 5) is 25.2. The number of ether oxygens (including phenoxy) is 1. The Balaban J connectivity index is 2.65. The second-order valence-electron chi connectivity index (χ2n) is 3.16. The van der Waals surface area contributed by atoms with Gasteiger partial charge in [-0.1, -0.05) is 6.08 Å². The van der Waals surface area contributed by atoms with Crippen LogP contribution in [0, 0.1) is 5.82 Å². The lowest BCUT2D eigenvalue weighted by atomic mass is 10.2. The molecule has 0 saturated carbocycles. The van der Waals surface area contributed by atoms with Gasteiger partial charge in [-0.05, 0) is 19.1 Å². The number of pyridine rings is 1. The molecule has 1 aromatic rings. The van der Waals surface area contributed by atoms with Gasteiger partial charge in [-0.25, -0.2) is 4.39 Å². The van der Waals surface area contributed by atoms with E-state index < -0.39 is 5.82 Å². The fourth-order valence-corrected chi connectivity index (χ4v) is 1.15. The van der Waals surface area contributed by atoms with Crippen LogP contribution in [-0.2, 0) is 9.53 Å². The summed E-state index contributed by atoms with van der Waals surface area (Å²) in [6.45, 7) is 2.05. The maximum Gasteiger partial charge on any atom is 0.309 e. The van der Waals surface area contributed by atoms with Crippen molar-refractivity contribution < 1.29 is 18.7 Å². The highest BCUT2D eigenvalue weighted by Gasteiger charge is 2.02. The summed E-state index contributed by atoms with van der Waals surface area (Å²) < 4.78 is 17.6. The first kappa shape index (κ1) is 13.0. The minimum absolute atomic E-state index is 0.0595. The molecule has 0 amide bonds. The van der Waals surface area contributed by atoms with E-state index in [4.69, 9.17) is 4.74 Å². The summed E-state index contributed by atoms with van der Waals surface area (Å²) in [5, 5.41) is 0. The number of hydrogen-bond donors (Lipinski definition) is 0. The van der Waals surface area contributed by atoms with Gasteiger partial charge in [0.25, 0.3) is 0 Å². The third kappa shape index (κ3) is 4.14. The summed E-state index contributed by atoms with van der Waals surface area (Å²) in [6, 6.07) is 1.31. The van der Waals surface area contributed by atoms with Crippen LogP contribution >= 0.6 is 0 Å². The quantitative estimate of drug-likeness (QED) is 0.580. The van der Waals surface area contributed by atoms with Crippen molar-refractivity contribution in [2.45, 2.75) is 13.3 Å². The molecular formula is C12H12FNO3. The van der Waals surface area contributed by atoms with E-state index in [1.165, 1.54) is 12.1 Å². The highest BCUT2D eigenvalue weighted by molar-refractivity contribution is 5.76. The normalized spacial score (nSPS) is 10.5. The topological polar surface area (TPSA) is 56.3 Å². The molecule has 0 fully saturated rings. The molecule has 0 aliphatic rings. The molecule has 5 heteroatoms. The number of esters is 1. The summed E-state index contributed by atoms with van der Waals surface area (Å²) in [5.74, 6) is -1.01. The predicted octanol–water partition coefficient (Wildman–Crippen LogP) is 2.00. The second-order valence-corrected chi connectivity index (χ2v) is 3.16. The number of rotatable bonds is 5. The van der Waals surface area contributed by atoms with Crippen molar-refractivity contribution >= 4 is 18.3 Å². The van der Waals surface area contributed by atoms with E-state index in [0.717, 1.165) is 6.20 Å². The average Bonchev–Trinajstić information content (AvgIpc) is 2.31. The average molecular weight is 237 g/mol. The van der Waals surface area contributed by atoms with E-state index >= 15 is 0 Å². The van der Waals surface area contributed by atoms with Crippen LogP contribution in [-0.4, -0.2) is 23.8 Å². The number of halogens is 1. The number of aldehydes is 1. The first-order valence-corrected chi connectivity index (χ1v) is 5.10. The largest absolute Gasteiger partial charge is 0.466 e. The number of hydrogen-bond acceptors (Lipinski definition) is 4. The molecule has 0 aliphatic carbocycles. The highest BCUT2D eigenvalue weighted by atomic mass is 19.1. The standard InChI is InChI=1S/C12H12FNO3/c1-2-17-12(16)5-3-4-10-6-9(8-15)11(13)7-14-10/h3-4,6-8H,2,5H2,1H3. The van der Waals surface area contributed by atoms with Crippen molar-refractivity contribution in [1.29, 1.82) is 0 Å². The summed E-state index contributed by atoms with van der Waals surface area (Å²) >= 11 is 0. The Morgan fingerprint density at radius 1 is 1.59 bits per heavy atom. The molecule has 0 N–H and O–H groups in total. The molecule has 17 heavy (non-hydrogen) atoms. The van der Waals surface area contributed by atoms with Crippen molar-refractivity contribution in [3.05, 3.63) is 35.4 Å². The van der Waals surface area contributed by atoms with E-state index in [2.05, 4.69) is 4.98 Å². The van der Waals surface area contributed by atoms with Gasteiger partial charge in [0.05, 0.1) is 30.5 Å². The Labute approximate surface area is 98.1 Å². The van der Waals surface area contributed by atoms with E-state index in [0.29, 0.717) is 18.6 Å². The van der Waals surface area contributed by atoms with Crippen molar-refractivity contribution in [3.8, 4) is 0 Å². The second kappa shape index (κ2) is 6.52. The van der Waals surface area contributed by atoms with Crippen LogP contribution in [0.3, 0.4) is 0 Å². The Morgan fingerprint density at radius 2 is 2.35 bits per heavy atom. The van der Waals surface area contributed by atoms with Gasteiger partial charge in [0.2, 0.25) is 0 Å². The Hall–Kier alpha value is -2.04. The molecule has 0 aromatic carbocycles. The lowest BCUT2D eigenvalue weighted by molar-refractivity contribution is -0.142. The van der Waals surface area contributed by atoms with E-state index in [-0.39, 0.29) is 18.0 Å². The number of nitrogens with zero attached hydrogens (tertiary/aromatic N) is 1. The summed E-state index contributed by atoms with van der Waals surface area (Å²) in [7, 11) is 0. The van der Waals surface area contributed by atoms with E-state index in [9.17, 15) is 14.0 Å². The number of carbonyl (C=O) groups is 2. The van der Waals surface area contributed by atoms with Crippen LogP contribution in [0.1, 0.15) is 29.4 Å². The smallest absolute Gasteiger partial charge is 0.309 e. The van der Waals surface area contributed by atoms with Gasteiger partial charge in [-0.2, -0.15) is 0 Å². The lowest BCUT2D eigenvalue weighted by Crippen LogP contribution is -2.01. The Bertz CT molecular complexity index is 443. The minimum Gasteiger partial charge on any atom is -0.466 e. The van der Waals surface area contributed by atoms with Crippen molar-refractivity contribution in [1.82, 2.24) is 4.98 Å². The zero-order valence-corrected chi connectivity index (χ0v) is 9.35. The SMILES string of the molecule is CCOC(=O)CC=Cc1cc(C=O)c(F)cn1. The maximum atomic E-state index is 12.9. The first-order valence-electron chi connectivity index (χ1n) is 5.10. The van der Waals surface area contributed by atoms with Crippen LogP contribution in [0.4, 0.5) is 4.39 Å². The van der Waals surface area contributed by atoms with Gasteiger partial charge >= 0.3 is 5.97 Å². The predicted molar refractivity (Wildman–Crippen MR) is 59.9 cm³/mol. The van der Waals surface area contributed by atoms with Gasteiger partial charge in [0.1, 0.15) is 0 Å².